The number of ether oxygens (including phenoxy) is 2. The van der Waals surface area contributed by atoms with Crippen LogP contribution < -0.4 is 9.47 Å². The van der Waals surface area contributed by atoms with Gasteiger partial charge in [0.1, 0.15) is 24.7 Å². The van der Waals surface area contributed by atoms with Crippen LogP contribution in [0.4, 0.5) is 0 Å². The average molecular weight is 398 g/mol. The van der Waals surface area contributed by atoms with E-state index in [0.29, 0.717) is 13.2 Å². The molecule has 5 heteroatoms. The highest BCUT2D eigenvalue weighted by Crippen LogP contribution is 2.35. The molecule has 0 aliphatic carbocycles. The average Bonchev–Trinajstić information content (AvgIpc) is 3.15. The Morgan fingerprint density at radius 1 is 0.655 bits per heavy atom. The molecular weight excluding hydrogens is 362 g/mol. The van der Waals surface area contributed by atoms with Crippen molar-refractivity contribution in [3.05, 3.63) is 36.4 Å². The molecule has 29 heavy (non-hydrogen) atoms. The van der Waals surface area contributed by atoms with Crippen molar-refractivity contribution in [3.63, 3.8) is 0 Å². The summed E-state index contributed by atoms with van der Waals surface area (Å²) in [5, 5.41) is 2.35. The van der Waals surface area contributed by atoms with Gasteiger partial charge in [0.05, 0.1) is 11.0 Å². The Bertz CT molecular complexity index is 825. The van der Waals surface area contributed by atoms with Crippen molar-refractivity contribution in [2.45, 2.75) is 27.7 Å². The molecule has 1 heterocycles. The van der Waals surface area contributed by atoms with Gasteiger partial charge >= 0.3 is 0 Å². The second-order valence-electron chi connectivity index (χ2n) is 7.23. The minimum Gasteiger partial charge on any atom is -0.490 e. The van der Waals surface area contributed by atoms with E-state index in [1.54, 1.807) is 0 Å². The van der Waals surface area contributed by atoms with Crippen LogP contribution in [0.2, 0.25) is 0 Å². The van der Waals surface area contributed by atoms with Crippen molar-refractivity contribution < 1.29 is 9.47 Å². The number of nitrogens with one attached hydrogen (secondary N) is 1. The first-order valence-corrected chi connectivity index (χ1v) is 10.9. The number of rotatable bonds is 12. The van der Waals surface area contributed by atoms with Gasteiger partial charge in [-0.2, -0.15) is 0 Å². The maximum absolute atomic E-state index is 6.14. The molecule has 1 N–H and O–H groups in total. The van der Waals surface area contributed by atoms with Gasteiger partial charge < -0.3 is 24.3 Å². The van der Waals surface area contributed by atoms with Gasteiger partial charge in [0.25, 0.3) is 0 Å². The van der Waals surface area contributed by atoms with Crippen molar-refractivity contribution in [2.24, 2.45) is 0 Å². The Kier molecular flexibility index (Phi) is 7.78. The van der Waals surface area contributed by atoms with E-state index in [9.17, 15) is 0 Å². The normalized spacial score (nSPS) is 11.8. The molecule has 3 rings (SSSR count). The molecule has 0 spiro atoms. The molecule has 3 aromatic rings. The van der Waals surface area contributed by atoms with Gasteiger partial charge in [-0.05, 0) is 38.3 Å². The second kappa shape index (κ2) is 10.5. The predicted molar refractivity (Wildman–Crippen MR) is 122 cm³/mol. The summed E-state index contributed by atoms with van der Waals surface area (Å²) >= 11 is 0. The summed E-state index contributed by atoms with van der Waals surface area (Å²) in [7, 11) is 0. The molecule has 158 valence electrons. The first-order chi connectivity index (χ1) is 14.2. The number of para-hydroxylation sites is 2. The van der Waals surface area contributed by atoms with Crippen LogP contribution in [-0.4, -0.2) is 67.3 Å². The fourth-order valence-electron chi connectivity index (χ4n) is 3.78. The Hall–Kier alpha value is -2.24. The van der Waals surface area contributed by atoms with Crippen LogP contribution in [0, 0.1) is 0 Å². The molecule has 1 aromatic heterocycles. The van der Waals surface area contributed by atoms with Crippen LogP contribution in [0.5, 0.6) is 11.5 Å². The zero-order chi connectivity index (χ0) is 20.6. The highest BCUT2D eigenvalue weighted by Gasteiger charge is 2.13. The molecule has 0 radical (unpaired) electrons. The summed E-state index contributed by atoms with van der Waals surface area (Å²) < 4.78 is 12.3. The summed E-state index contributed by atoms with van der Waals surface area (Å²) in [5.41, 5.74) is 2.09. The first-order valence-electron chi connectivity index (χ1n) is 10.9. The lowest BCUT2D eigenvalue weighted by Gasteiger charge is -2.18. The minimum absolute atomic E-state index is 0.684. The van der Waals surface area contributed by atoms with Crippen molar-refractivity contribution in [3.8, 4) is 11.5 Å². The van der Waals surface area contributed by atoms with Gasteiger partial charge in [0.15, 0.2) is 0 Å². The molecule has 0 atom stereocenters. The lowest BCUT2D eigenvalue weighted by molar-refractivity contribution is 0.223. The fourth-order valence-corrected chi connectivity index (χ4v) is 3.78. The third-order valence-electron chi connectivity index (χ3n) is 5.71. The molecule has 0 unspecified atom stereocenters. The highest BCUT2D eigenvalue weighted by molar-refractivity contribution is 6.10. The van der Waals surface area contributed by atoms with Crippen LogP contribution in [0.1, 0.15) is 27.7 Å². The maximum Gasteiger partial charge on any atom is 0.143 e. The van der Waals surface area contributed by atoms with Gasteiger partial charge in [-0.1, -0.05) is 52.0 Å². The van der Waals surface area contributed by atoms with E-state index in [4.69, 9.17) is 9.47 Å². The van der Waals surface area contributed by atoms with Crippen molar-refractivity contribution in [2.75, 3.05) is 52.5 Å². The molecule has 2 aromatic carbocycles. The number of benzene rings is 2. The van der Waals surface area contributed by atoms with E-state index in [0.717, 1.165) is 61.8 Å². The van der Waals surface area contributed by atoms with Gasteiger partial charge in [-0.15, -0.1) is 0 Å². The third kappa shape index (κ3) is 5.03. The molecule has 0 fully saturated rings. The smallest absolute Gasteiger partial charge is 0.143 e. The molecule has 0 bridgehead atoms. The fraction of sp³-hybridized carbons (Fsp3) is 0.500. The number of hydrogen-bond acceptors (Lipinski definition) is 4. The number of aromatic amines is 1. The van der Waals surface area contributed by atoms with Crippen molar-refractivity contribution in [1.29, 1.82) is 0 Å². The molecule has 0 saturated heterocycles. The van der Waals surface area contributed by atoms with E-state index < -0.39 is 0 Å². The lowest BCUT2D eigenvalue weighted by Crippen LogP contribution is -2.27. The number of fused-ring (bicyclic) bond motifs is 3. The molecule has 0 saturated carbocycles. The Labute approximate surface area is 174 Å². The van der Waals surface area contributed by atoms with E-state index in [-0.39, 0.29) is 0 Å². The number of nitrogens with zero attached hydrogens (tertiary/aromatic N) is 2. The first kappa shape index (κ1) is 21.5. The summed E-state index contributed by atoms with van der Waals surface area (Å²) in [4.78, 5) is 8.31. The zero-order valence-corrected chi connectivity index (χ0v) is 18.3. The molecular formula is C24H35N3O2. The van der Waals surface area contributed by atoms with E-state index in [2.05, 4.69) is 66.7 Å². The highest BCUT2D eigenvalue weighted by atomic mass is 16.5. The zero-order valence-electron chi connectivity index (χ0n) is 18.3. The van der Waals surface area contributed by atoms with Crippen molar-refractivity contribution >= 4 is 21.8 Å². The Balaban J connectivity index is 1.80. The third-order valence-corrected chi connectivity index (χ3v) is 5.71. The van der Waals surface area contributed by atoms with Crippen LogP contribution in [0.15, 0.2) is 36.4 Å². The van der Waals surface area contributed by atoms with Gasteiger partial charge in [0.2, 0.25) is 0 Å². The minimum atomic E-state index is 0.684. The monoisotopic (exact) mass is 397 g/mol. The standard InChI is InChI=1S/C24H35N3O2/c1-5-26(6-2)15-17-28-21-13-9-11-19-20-12-10-14-22(24(20)25-23(19)21)29-18-16-27(7-3)8-4/h9-14,25H,5-8,15-18H2,1-4H3. The number of aromatic nitrogens is 1. The number of H-pyrrole nitrogens is 1. The Morgan fingerprint density at radius 2 is 1.07 bits per heavy atom. The van der Waals surface area contributed by atoms with E-state index in [1.807, 2.05) is 12.1 Å². The SMILES string of the molecule is CCN(CC)CCOc1cccc2c1[nH]c1c(OCCN(CC)CC)cccc12. The Morgan fingerprint density at radius 3 is 1.45 bits per heavy atom. The van der Waals surface area contributed by atoms with Crippen LogP contribution >= 0.6 is 0 Å². The van der Waals surface area contributed by atoms with Gasteiger partial charge in [-0.3, -0.25) is 0 Å². The van der Waals surface area contributed by atoms with E-state index >= 15 is 0 Å². The predicted octanol–water partition coefficient (Wildman–Crippen LogP) is 4.76. The number of hydrogen-bond donors (Lipinski definition) is 1. The van der Waals surface area contributed by atoms with Crippen LogP contribution in [-0.2, 0) is 0 Å². The molecule has 0 aliphatic heterocycles. The molecule has 5 nitrogen and oxygen atoms in total. The van der Waals surface area contributed by atoms with E-state index in [1.165, 1.54) is 10.8 Å². The lowest BCUT2D eigenvalue weighted by atomic mass is 10.1. The summed E-state index contributed by atoms with van der Waals surface area (Å²) in [6, 6.07) is 12.5. The largest absolute Gasteiger partial charge is 0.490 e. The van der Waals surface area contributed by atoms with Gasteiger partial charge in [0, 0.05) is 23.9 Å². The summed E-state index contributed by atoms with van der Waals surface area (Å²) in [6.07, 6.45) is 0. The topological polar surface area (TPSA) is 40.7 Å². The van der Waals surface area contributed by atoms with Crippen molar-refractivity contribution in [1.82, 2.24) is 14.8 Å². The molecule has 0 aliphatic rings. The quantitative estimate of drug-likeness (QED) is 0.478. The second-order valence-corrected chi connectivity index (χ2v) is 7.23. The summed E-state index contributed by atoms with van der Waals surface area (Å²) in [6.45, 7) is 16.2. The maximum atomic E-state index is 6.14. The summed E-state index contributed by atoms with van der Waals surface area (Å²) in [5.74, 6) is 1.81. The van der Waals surface area contributed by atoms with Crippen LogP contribution in [0.3, 0.4) is 0 Å². The van der Waals surface area contributed by atoms with Crippen LogP contribution in [0.25, 0.3) is 21.8 Å². The van der Waals surface area contributed by atoms with Gasteiger partial charge in [-0.25, -0.2) is 0 Å². The molecule has 0 amide bonds. The number of likely N-dealkylation sites (N-methyl/N-ethyl adjacent to an activating group) is 2.